The summed E-state index contributed by atoms with van der Waals surface area (Å²) < 4.78 is 0.889. The number of hydrogen-bond acceptors (Lipinski definition) is 3. The quantitative estimate of drug-likeness (QED) is 0.811. The Balaban J connectivity index is 2.18. The van der Waals surface area contributed by atoms with Gasteiger partial charge in [0.15, 0.2) is 5.78 Å². The molecule has 0 unspecified atom stereocenters. The predicted molar refractivity (Wildman–Crippen MR) is 80.7 cm³/mol. The van der Waals surface area contributed by atoms with Gasteiger partial charge in [0.1, 0.15) is 0 Å². The minimum absolute atomic E-state index is 0.101. The first-order valence-electron chi connectivity index (χ1n) is 5.96. The minimum atomic E-state index is 0.101. The van der Waals surface area contributed by atoms with Crippen LogP contribution in [0.3, 0.4) is 0 Å². The molecule has 19 heavy (non-hydrogen) atoms. The largest absolute Gasteiger partial charge is 0.378 e. The molecule has 0 aliphatic heterocycles. The van der Waals surface area contributed by atoms with Crippen LogP contribution in [0.15, 0.2) is 47.2 Å². The maximum atomic E-state index is 12.2. The Morgan fingerprint density at radius 2 is 2.05 bits per heavy atom. The maximum Gasteiger partial charge on any atom is 0.167 e. The van der Waals surface area contributed by atoms with Crippen LogP contribution in [0.1, 0.15) is 15.9 Å². The molecule has 3 nitrogen and oxygen atoms in total. The van der Waals surface area contributed by atoms with Crippen LogP contribution >= 0.6 is 15.9 Å². The van der Waals surface area contributed by atoms with Gasteiger partial charge in [0.05, 0.1) is 0 Å². The van der Waals surface area contributed by atoms with Crippen molar-refractivity contribution in [3.05, 3.63) is 58.3 Å². The molecule has 0 aliphatic carbocycles. The van der Waals surface area contributed by atoms with Gasteiger partial charge in [0.2, 0.25) is 0 Å². The average Bonchev–Trinajstić information content (AvgIpc) is 2.39. The molecule has 0 fully saturated rings. The molecule has 0 spiro atoms. The Bertz CT molecular complexity index is 596. The second-order valence-corrected chi connectivity index (χ2v) is 5.47. The molecule has 2 rings (SSSR count). The molecule has 4 heteroatoms. The first-order valence-corrected chi connectivity index (χ1v) is 6.75. The molecule has 1 aromatic carbocycles. The lowest BCUT2D eigenvalue weighted by Crippen LogP contribution is -2.10. The molecular weight excluding hydrogens is 304 g/mol. The van der Waals surface area contributed by atoms with Gasteiger partial charge in [0.25, 0.3) is 0 Å². The normalized spacial score (nSPS) is 10.3. The van der Waals surface area contributed by atoms with Gasteiger partial charge in [-0.25, -0.2) is 0 Å². The molecule has 98 valence electrons. The molecule has 2 aromatic rings. The van der Waals surface area contributed by atoms with Crippen molar-refractivity contribution in [1.29, 1.82) is 0 Å². The maximum absolute atomic E-state index is 12.2. The Hall–Kier alpha value is -1.68. The van der Waals surface area contributed by atoms with Crippen molar-refractivity contribution >= 4 is 27.4 Å². The third-order valence-corrected chi connectivity index (χ3v) is 3.24. The molecule has 0 atom stereocenters. The number of aromatic nitrogens is 1. The highest BCUT2D eigenvalue weighted by Crippen LogP contribution is 2.16. The number of ketones is 1. The van der Waals surface area contributed by atoms with Gasteiger partial charge in [-0.3, -0.25) is 9.78 Å². The van der Waals surface area contributed by atoms with Gasteiger partial charge in [-0.05, 0) is 39.7 Å². The monoisotopic (exact) mass is 318 g/mol. The number of Topliss-reactive ketones (excluding diaryl/α,β-unsaturated/α-hetero) is 1. The second-order valence-electron chi connectivity index (χ2n) is 4.56. The molecule has 0 aliphatic rings. The fraction of sp³-hybridized carbons (Fsp3) is 0.200. The van der Waals surface area contributed by atoms with Gasteiger partial charge in [-0.15, -0.1) is 0 Å². The van der Waals surface area contributed by atoms with Gasteiger partial charge in [-0.1, -0.05) is 12.1 Å². The highest BCUT2D eigenvalue weighted by Gasteiger charge is 2.09. The fourth-order valence-electron chi connectivity index (χ4n) is 1.80. The van der Waals surface area contributed by atoms with E-state index in [1.54, 1.807) is 12.4 Å². The summed E-state index contributed by atoms with van der Waals surface area (Å²) in [5.41, 5.74) is 2.67. The van der Waals surface area contributed by atoms with Crippen LogP contribution < -0.4 is 4.90 Å². The number of hydrogen-bond donors (Lipinski definition) is 0. The van der Waals surface area contributed by atoms with Crippen LogP contribution in [-0.2, 0) is 6.42 Å². The Morgan fingerprint density at radius 1 is 1.26 bits per heavy atom. The van der Waals surface area contributed by atoms with E-state index in [9.17, 15) is 4.79 Å². The Kier molecular flexibility index (Phi) is 4.32. The fourth-order valence-corrected chi connectivity index (χ4v) is 2.21. The first-order chi connectivity index (χ1) is 9.06. The van der Waals surface area contributed by atoms with Crippen molar-refractivity contribution in [2.45, 2.75) is 6.42 Å². The number of pyridine rings is 1. The standard InChI is InChI=1S/C15H15BrN2O/c1-18(2)14-5-3-4-12(8-14)15(19)7-11-6-13(16)10-17-9-11/h3-6,8-10H,7H2,1-2H3. The number of rotatable bonds is 4. The lowest BCUT2D eigenvalue weighted by molar-refractivity contribution is 0.0993. The van der Waals surface area contributed by atoms with E-state index >= 15 is 0 Å². The van der Waals surface area contributed by atoms with E-state index in [1.165, 1.54) is 0 Å². The van der Waals surface area contributed by atoms with E-state index in [2.05, 4.69) is 20.9 Å². The van der Waals surface area contributed by atoms with E-state index in [4.69, 9.17) is 0 Å². The van der Waals surface area contributed by atoms with Crippen molar-refractivity contribution in [2.24, 2.45) is 0 Å². The van der Waals surface area contributed by atoms with Crippen molar-refractivity contribution in [1.82, 2.24) is 4.98 Å². The average molecular weight is 319 g/mol. The van der Waals surface area contributed by atoms with Crippen LogP contribution in [0.25, 0.3) is 0 Å². The summed E-state index contributed by atoms with van der Waals surface area (Å²) in [6.45, 7) is 0. The summed E-state index contributed by atoms with van der Waals surface area (Å²) in [7, 11) is 3.92. The summed E-state index contributed by atoms with van der Waals surface area (Å²) in [5.74, 6) is 0.101. The number of carbonyl (C=O) groups is 1. The van der Waals surface area contributed by atoms with Crippen molar-refractivity contribution in [3.8, 4) is 0 Å². The lowest BCUT2D eigenvalue weighted by atomic mass is 10.0. The molecule has 0 saturated heterocycles. The molecule has 0 N–H and O–H groups in total. The summed E-state index contributed by atoms with van der Waals surface area (Å²) in [6.07, 6.45) is 3.79. The summed E-state index contributed by atoms with van der Waals surface area (Å²) in [5, 5.41) is 0. The number of anilines is 1. The molecule has 0 saturated carbocycles. The predicted octanol–water partition coefficient (Wildman–Crippen LogP) is 3.34. The van der Waals surface area contributed by atoms with Gasteiger partial charge in [0, 0.05) is 48.6 Å². The Labute approximate surface area is 121 Å². The van der Waals surface area contributed by atoms with Crippen LogP contribution in [0.4, 0.5) is 5.69 Å². The third kappa shape index (κ3) is 3.64. The van der Waals surface area contributed by atoms with Gasteiger partial charge >= 0.3 is 0 Å². The van der Waals surface area contributed by atoms with E-state index in [0.717, 1.165) is 21.3 Å². The van der Waals surface area contributed by atoms with Gasteiger partial charge < -0.3 is 4.90 Å². The van der Waals surface area contributed by atoms with Crippen LogP contribution in [0.2, 0.25) is 0 Å². The summed E-state index contributed by atoms with van der Waals surface area (Å²) >= 11 is 3.36. The zero-order valence-electron chi connectivity index (χ0n) is 10.9. The van der Waals surface area contributed by atoms with Crippen LogP contribution in [0.5, 0.6) is 0 Å². The van der Waals surface area contributed by atoms with Crippen LogP contribution in [0, 0.1) is 0 Å². The zero-order chi connectivity index (χ0) is 13.8. The highest BCUT2D eigenvalue weighted by molar-refractivity contribution is 9.10. The number of halogens is 1. The first kappa shape index (κ1) is 13.7. The summed E-state index contributed by atoms with van der Waals surface area (Å²) in [6, 6.07) is 9.56. The van der Waals surface area contributed by atoms with Crippen molar-refractivity contribution in [2.75, 3.05) is 19.0 Å². The van der Waals surface area contributed by atoms with Gasteiger partial charge in [-0.2, -0.15) is 0 Å². The summed E-state index contributed by atoms with van der Waals surface area (Å²) in [4.78, 5) is 18.3. The topological polar surface area (TPSA) is 33.2 Å². The SMILES string of the molecule is CN(C)c1cccc(C(=O)Cc2cncc(Br)c2)c1. The third-order valence-electron chi connectivity index (χ3n) is 2.81. The highest BCUT2D eigenvalue weighted by atomic mass is 79.9. The number of carbonyl (C=O) groups excluding carboxylic acids is 1. The smallest absolute Gasteiger partial charge is 0.167 e. The van der Waals surface area contributed by atoms with E-state index in [0.29, 0.717) is 6.42 Å². The van der Waals surface area contributed by atoms with E-state index in [1.807, 2.05) is 49.3 Å². The molecule has 0 bridgehead atoms. The van der Waals surface area contributed by atoms with Crippen molar-refractivity contribution < 1.29 is 4.79 Å². The second kappa shape index (κ2) is 5.97. The molecule has 1 aromatic heterocycles. The molecule has 0 amide bonds. The molecule has 1 heterocycles. The molecular formula is C15H15BrN2O. The number of nitrogens with zero attached hydrogens (tertiary/aromatic N) is 2. The zero-order valence-corrected chi connectivity index (χ0v) is 12.5. The minimum Gasteiger partial charge on any atom is -0.378 e. The van der Waals surface area contributed by atoms with Crippen molar-refractivity contribution in [3.63, 3.8) is 0 Å². The lowest BCUT2D eigenvalue weighted by Gasteiger charge is -2.13. The van der Waals surface area contributed by atoms with E-state index in [-0.39, 0.29) is 5.78 Å². The Morgan fingerprint density at radius 3 is 2.74 bits per heavy atom. The van der Waals surface area contributed by atoms with Crippen LogP contribution in [-0.4, -0.2) is 24.9 Å². The molecule has 0 radical (unpaired) electrons. The number of benzene rings is 1. The van der Waals surface area contributed by atoms with E-state index < -0.39 is 0 Å².